The average molecular weight is 329 g/mol. The molecule has 6 heteroatoms. The molecule has 1 atom stereocenters. The van der Waals surface area contributed by atoms with Crippen LogP contribution in [-0.4, -0.2) is 28.9 Å². The molecule has 1 amide bonds. The highest BCUT2D eigenvalue weighted by Crippen LogP contribution is 2.45. The fourth-order valence-corrected chi connectivity index (χ4v) is 3.31. The van der Waals surface area contributed by atoms with E-state index in [0.717, 1.165) is 22.6 Å². The molecule has 1 aromatic heterocycles. The summed E-state index contributed by atoms with van der Waals surface area (Å²) in [4.78, 5) is 12.2. The van der Waals surface area contributed by atoms with Crippen LogP contribution >= 0.6 is 0 Å². The summed E-state index contributed by atoms with van der Waals surface area (Å²) in [6.07, 6.45) is 0.369. The Hall–Kier alpha value is -2.50. The van der Waals surface area contributed by atoms with Crippen molar-refractivity contribution >= 4 is 11.7 Å². The first-order valence-electron chi connectivity index (χ1n) is 8.09. The maximum absolute atomic E-state index is 12.2. The number of aryl methyl sites for hydroxylation is 2. The van der Waals surface area contributed by atoms with Gasteiger partial charge in [0.25, 0.3) is 0 Å². The van der Waals surface area contributed by atoms with E-state index < -0.39 is 0 Å². The van der Waals surface area contributed by atoms with Gasteiger partial charge < -0.3 is 14.8 Å². The third-order valence-electron chi connectivity index (χ3n) is 4.22. The molecule has 0 spiro atoms. The van der Waals surface area contributed by atoms with Crippen molar-refractivity contribution in [2.24, 2.45) is 7.05 Å². The third kappa shape index (κ3) is 2.72. The van der Waals surface area contributed by atoms with Crippen LogP contribution in [0.4, 0.5) is 5.82 Å². The topological polar surface area (TPSA) is 65.4 Å². The monoisotopic (exact) mass is 329 g/mol. The van der Waals surface area contributed by atoms with Gasteiger partial charge >= 0.3 is 0 Å². The van der Waals surface area contributed by atoms with Gasteiger partial charge in [0.15, 0.2) is 11.5 Å². The molecule has 2 aromatic rings. The van der Waals surface area contributed by atoms with Gasteiger partial charge in [-0.2, -0.15) is 5.10 Å². The lowest BCUT2D eigenvalue weighted by atomic mass is 9.85. The van der Waals surface area contributed by atoms with Gasteiger partial charge in [-0.1, -0.05) is 12.1 Å². The zero-order valence-electron chi connectivity index (χ0n) is 14.7. The number of methoxy groups -OCH3 is 1. The number of carbonyl (C=O) groups excluding carboxylic acids is 1. The van der Waals surface area contributed by atoms with Crippen molar-refractivity contribution in [3.05, 3.63) is 35.0 Å². The Morgan fingerprint density at radius 1 is 1.38 bits per heavy atom. The van der Waals surface area contributed by atoms with Gasteiger partial charge in [-0.3, -0.25) is 9.48 Å². The predicted octanol–water partition coefficient (Wildman–Crippen LogP) is 3.00. The van der Waals surface area contributed by atoms with Crippen molar-refractivity contribution in [1.82, 2.24) is 9.78 Å². The molecule has 0 saturated carbocycles. The van der Waals surface area contributed by atoms with Crippen LogP contribution in [0.25, 0.3) is 0 Å². The van der Waals surface area contributed by atoms with Gasteiger partial charge in [0.05, 0.1) is 18.9 Å². The average Bonchev–Trinajstić information content (AvgIpc) is 2.80. The summed E-state index contributed by atoms with van der Waals surface area (Å²) in [6.45, 7) is 5.92. The number of nitrogens with one attached hydrogen (secondary N) is 1. The second-order valence-corrected chi connectivity index (χ2v) is 6.32. The molecule has 0 fully saturated rings. The standard InChI is InChI=1S/C18H23N3O3/c1-10(2)24-17-12(7-6-8-14(17)23-5)13-9-15(22)19-18-16(13)11(3)20-21(18)4/h6-8,10,13H,9H2,1-5H3,(H,19,22)/t13-/m1/s1. The maximum Gasteiger partial charge on any atom is 0.226 e. The Morgan fingerprint density at radius 3 is 2.79 bits per heavy atom. The van der Waals surface area contributed by atoms with Crippen LogP contribution in [0.1, 0.15) is 43.0 Å². The van der Waals surface area contributed by atoms with Crippen molar-refractivity contribution in [1.29, 1.82) is 0 Å². The van der Waals surface area contributed by atoms with Crippen LogP contribution < -0.4 is 14.8 Å². The number of hydrogen-bond acceptors (Lipinski definition) is 4. The van der Waals surface area contributed by atoms with Crippen molar-refractivity contribution in [2.75, 3.05) is 12.4 Å². The van der Waals surface area contributed by atoms with Crippen LogP contribution in [0.3, 0.4) is 0 Å². The second kappa shape index (κ2) is 6.19. The maximum atomic E-state index is 12.2. The highest BCUT2D eigenvalue weighted by molar-refractivity contribution is 5.94. The van der Waals surface area contributed by atoms with Crippen LogP contribution in [0.2, 0.25) is 0 Å². The van der Waals surface area contributed by atoms with Crippen LogP contribution in [-0.2, 0) is 11.8 Å². The summed E-state index contributed by atoms with van der Waals surface area (Å²) >= 11 is 0. The molecule has 2 heterocycles. The number of nitrogens with zero attached hydrogens (tertiary/aromatic N) is 2. The minimum Gasteiger partial charge on any atom is -0.493 e. The number of hydrogen-bond donors (Lipinski definition) is 1. The highest BCUT2D eigenvalue weighted by Gasteiger charge is 2.34. The normalized spacial score (nSPS) is 16.8. The Bertz CT molecular complexity index is 780. The molecule has 128 valence electrons. The number of aromatic nitrogens is 2. The SMILES string of the molecule is COc1cccc([C@H]2CC(=O)Nc3c2c(C)nn3C)c1OC(C)C. The Morgan fingerprint density at radius 2 is 2.12 bits per heavy atom. The molecule has 3 rings (SSSR count). The Balaban J connectivity index is 2.18. The van der Waals surface area contributed by atoms with Gasteiger partial charge in [0.2, 0.25) is 5.91 Å². The molecule has 6 nitrogen and oxygen atoms in total. The molecule has 0 unspecified atom stereocenters. The number of anilines is 1. The minimum absolute atomic E-state index is 0.00642. The van der Waals surface area contributed by atoms with Gasteiger partial charge in [-0.25, -0.2) is 0 Å². The number of rotatable bonds is 4. The first kappa shape index (κ1) is 16.4. The highest BCUT2D eigenvalue weighted by atomic mass is 16.5. The van der Waals surface area contributed by atoms with E-state index in [0.29, 0.717) is 17.9 Å². The lowest BCUT2D eigenvalue weighted by Gasteiger charge is -2.27. The molecule has 1 aliphatic heterocycles. The van der Waals surface area contributed by atoms with Crippen molar-refractivity contribution < 1.29 is 14.3 Å². The van der Waals surface area contributed by atoms with Crippen molar-refractivity contribution in [3.63, 3.8) is 0 Å². The van der Waals surface area contributed by atoms with Crippen LogP contribution in [0.15, 0.2) is 18.2 Å². The fraction of sp³-hybridized carbons (Fsp3) is 0.444. The van der Waals surface area contributed by atoms with E-state index in [1.54, 1.807) is 11.8 Å². The molecule has 0 saturated heterocycles. The van der Waals surface area contributed by atoms with Crippen LogP contribution in [0.5, 0.6) is 11.5 Å². The van der Waals surface area contributed by atoms with Gasteiger partial charge in [-0.15, -0.1) is 0 Å². The van der Waals surface area contributed by atoms with E-state index in [2.05, 4.69) is 10.4 Å². The smallest absolute Gasteiger partial charge is 0.226 e. The zero-order chi connectivity index (χ0) is 17.4. The number of ether oxygens (including phenoxy) is 2. The molecule has 0 radical (unpaired) electrons. The molecule has 1 N–H and O–H groups in total. The molecule has 0 bridgehead atoms. The first-order valence-corrected chi connectivity index (χ1v) is 8.09. The van der Waals surface area contributed by atoms with Crippen molar-refractivity contribution in [2.45, 2.75) is 39.2 Å². The number of benzene rings is 1. The molecule has 1 aromatic carbocycles. The number of para-hydroxylation sites is 1. The lowest BCUT2D eigenvalue weighted by Crippen LogP contribution is -2.25. The third-order valence-corrected chi connectivity index (χ3v) is 4.22. The van der Waals surface area contributed by atoms with E-state index in [1.165, 1.54) is 0 Å². The lowest BCUT2D eigenvalue weighted by molar-refractivity contribution is -0.116. The summed E-state index contributed by atoms with van der Waals surface area (Å²) in [5, 5.41) is 7.39. The number of amides is 1. The summed E-state index contributed by atoms with van der Waals surface area (Å²) in [5.74, 6) is 2.01. The summed E-state index contributed by atoms with van der Waals surface area (Å²) < 4.78 is 13.2. The predicted molar refractivity (Wildman–Crippen MR) is 91.8 cm³/mol. The van der Waals surface area contributed by atoms with Crippen LogP contribution in [0, 0.1) is 6.92 Å². The Labute approximate surface area is 141 Å². The fourth-order valence-electron chi connectivity index (χ4n) is 3.31. The largest absolute Gasteiger partial charge is 0.493 e. The van der Waals surface area contributed by atoms with E-state index in [4.69, 9.17) is 9.47 Å². The summed E-state index contributed by atoms with van der Waals surface area (Å²) in [6, 6.07) is 5.81. The number of fused-ring (bicyclic) bond motifs is 1. The van der Waals surface area contributed by atoms with E-state index in [-0.39, 0.29) is 17.9 Å². The summed E-state index contributed by atoms with van der Waals surface area (Å²) in [7, 11) is 3.46. The molecular weight excluding hydrogens is 306 g/mol. The van der Waals surface area contributed by atoms with Gasteiger partial charge in [-0.05, 0) is 26.8 Å². The molecular formula is C18H23N3O3. The molecule has 24 heavy (non-hydrogen) atoms. The van der Waals surface area contributed by atoms with Gasteiger partial charge in [0.1, 0.15) is 5.82 Å². The zero-order valence-corrected chi connectivity index (χ0v) is 14.7. The Kier molecular flexibility index (Phi) is 4.22. The minimum atomic E-state index is -0.105. The molecule has 1 aliphatic rings. The summed E-state index contributed by atoms with van der Waals surface area (Å²) in [5.41, 5.74) is 2.91. The molecule has 0 aliphatic carbocycles. The quantitative estimate of drug-likeness (QED) is 0.936. The second-order valence-electron chi connectivity index (χ2n) is 6.32. The van der Waals surface area contributed by atoms with E-state index >= 15 is 0 Å². The van der Waals surface area contributed by atoms with E-state index in [1.807, 2.05) is 46.0 Å². The van der Waals surface area contributed by atoms with E-state index in [9.17, 15) is 4.79 Å². The van der Waals surface area contributed by atoms with Gasteiger partial charge in [0, 0.05) is 30.5 Å². The number of carbonyl (C=O) groups is 1. The first-order chi connectivity index (χ1) is 11.4. The van der Waals surface area contributed by atoms with Crippen molar-refractivity contribution in [3.8, 4) is 11.5 Å².